The highest BCUT2D eigenvalue weighted by Crippen LogP contribution is 2.15. The van der Waals surface area contributed by atoms with Crippen molar-refractivity contribution in [2.75, 3.05) is 70.4 Å². The van der Waals surface area contributed by atoms with Crippen LogP contribution in [0.2, 0.25) is 0 Å². The summed E-state index contributed by atoms with van der Waals surface area (Å²) in [5, 5.41) is 50.4. The minimum absolute atomic E-state index is 0.00374. The highest BCUT2D eigenvalue weighted by molar-refractivity contribution is 7.80. The van der Waals surface area contributed by atoms with Gasteiger partial charge in [0, 0.05) is 63.6 Å². The van der Waals surface area contributed by atoms with E-state index in [0.717, 1.165) is 12.8 Å². The molecule has 2 rings (SSSR count). The lowest BCUT2D eigenvalue weighted by Crippen LogP contribution is -2.59. The van der Waals surface area contributed by atoms with Gasteiger partial charge in [0.15, 0.2) is 23.8 Å². The van der Waals surface area contributed by atoms with E-state index in [2.05, 4.69) is 120 Å². The van der Waals surface area contributed by atoms with E-state index in [1.165, 1.54) is 24.3 Å². The number of thiol groups is 2. The lowest BCUT2D eigenvalue weighted by Gasteiger charge is -2.26. The molecule has 0 radical (unpaired) electrons. The van der Waals surface area contributed by atoms with Crippen molar-refractivity contribution in [1.29, 1.82) is 0 Å². The number of aliphatic imine (C=N–C) groups is 4. The van der Waals surface area contributed by atoms with Gasteiger partial charge in [-0.05, 0) is 107 Å². The number of guanidine groups is 4. The maximum absolute atomic E-state index is 14.7. The molecular weight excluding hydrogens is 1520 g/mol. The van der Waals surface area contributed by atoms with Crippen LogP contribution < -0.4 is 121 Å². The lowest BCUT2D eigenvalue weighted by molar-refractivity contribution is -0.141. The highest BCUT2D eigenvalue weighted by Gasteiger charge is 2.36. The summed E-state index contributed by atoms with van der Waals surface area (Å²) >= 11 is 8.65. The topological polar surface area (TPSA) is 723 Å². The number of aliphatic carboxylic acids is 1. The molecule has 45 heteroatoms. The molecule has 1 fully saturated rings. The fourth-order valence-corrected chi connectivity index (χ4v) is 11.2. The van der Waals surface area contributed by atoms with E-state index in [0.29, 0.717) is 5.56 Å². The van der Waals surface area contributed by atoms with Crippen LogP contribution >= 0.6 is 25.3 Å². The van der Waals surface area contributed by atoms with Crippen LogP contribution in [-0.4, -0.2) is 253 Å². The number of phenolic OH excluding ortho intramolecular Hbond substituents is 1. The number of carbonyl (C=O) groups excluding carboxylic acids is 14. The number of nitrogens with one attached hydrogen (secondary N) is 14. The van der Waals surface area contributed by atoms with Crippen molar-refractivity contribution in [2.45, 2.75) is 192 Å². The monoisotopic (exact) mass is 1630 g/mol. The van der Waals surface area contributed by atoms with Gasteiger partial charge in [-0.1, -0.05) is 46.8 Å². The first-order chi connectivity index (χ1) is 53.3. The minimum atomic E-state index is -1.90. The number of ketones is 3. The maximum Gasteiger partial charge on any atom is 0.305 e. The van der Waals surface area contributed by atoms with Crippen molar-refractivity contribution in [3.05, 3.63) is 29.8 Å². The molecule has 11 amide bonds. The number of Topliss-reactive ketones (excluding diaryl/α,β-unsaturated/α-hetero) is 3. The average Bonchev–Trinajstić information content (AvgIpc) is 0.868. The summed E-state index contributed by atoms with van der Waals surface area (Å²) < 4.78 is 0. The number of rotatable bonds is 28. The van der Waals surface area contributed by atoms with Crippen molar-refractivity contribution in [3.8, 4) is 5.75 Å². The Labute approximate surface area is 666 Å². The van der Waals surface area contributed by atoms with Crippen LogP contribution in [0.4, 0.5) is 0 Å². The molecule has 0 spiro atoms. The summed E-state index contributed by atoms with van der Waals surface area (Å²) in [6, 6.07) is -9.14. The summed E-state index contributed by atoms with van der Waals surface area (Å²) in [6.07, 6.45) is -0.136. The molecule has 32 N–H and O–H groups in total. The SMILES string of the molecule is CC(C)C[C@@H]1NC(=O)CNC(=O)[C@H](CCCN=C(N)N)NC(=O)[C@H](CCCN=C(N)N)NNC(=O)[C@H](CS)NCCN[C@@H](CS)C(=O)C(=O)[C@H](CCCN=C(N)N)NC(=O)[C@H](Cc2ccc(O)cc2)NC(=O)[C@H](CCCN=C(N)N)NC(=O)CNC(=O)[C@H](CC(=O)O)NC(=O)[C@H](CC(C)C)NC(=O)CNC1=O.CCCC(C)=O. The minimum Gasteiger partial charge on any atom is -0.508 e. The van der Waals surface area contributed by atoms with Crippen molar-refractivity contribution >= 4 is 137 Å². The Morgan fingerprint density at radius 2 is 0.796 bits per heavy atom. The molecule has 1 aromatic rings. The molecule has 1 aliphatic rings. The van der Waals surface area contributed by atoms with Gasteiger partial charge in [0.1, 0.15) is 53.8 Å². The number of phenols is 1. The van der Waals surface area contributed by atoms with Crippen LogP contribution in [0, 0.1) is 11.8 Å². The Bertz CT molecular complexity index is 3430. The molecule has 1 heterocycles. The second kappa shape index (κ2) is 55.7. The summed E-state index contributed by atoms with van der Waals surface area (Å²) in [5.74, 6) is -16.3. The smallest absolute Gasteiger partial charge is 0.305 e. The van der Waals surface area contributed by atoms with E-state index in [-0.39, 0.29) is 169 Å². The highest BCUT2D eigenvalue weighted by atomic mass is 32.1. The first-order valence-corrected chi connectivity index (χ1v) is 38.0. The van der Waals surface area contributed by atoms with Gasteiger partial charge in [-0.2, -0.15) is 25.3 Å². The number of hydrogen-bond donors (Lipinski definition) is 26. The van der Waals surface area contributed by atoms with Crippen molar-refractivity contribution in [2.24, 2.45) is 77.7 Å². The van der Waals surface area contributed by atoms with Crippen molar-refractivity contribution in [1.82, 2.24) is 74.7 Å². The number of nitrogens with two attached hydrogens (primary N) is 8. The number of hydrogen-bond acceptors (Lipinski definition) is 25. The predicted molar refractivity (Wildman–Crippen MR) is 427 cm³/mol. The molecule has 0 bridgehead atoms. The van der Waals surface area contributed by atoms with Gasteiger partial charge in [-0.15, -0.1) is 0 Å². The molecule has 10 atom stereocenters. The Morgan fingerprint density at radius 3 is 1.21 bits per heavy atom. The van der Waals surface area contributed by atoms with E-state index in [1.807, 2.05) is 6.92 Å². The Hall–Kier alpha value is -10.7. The maximum atomic E-state index is 14.7. The zero-order valence-electron chi connectivity index (χ0n) is 64.7. The second-order valence-corrected chi connectivity index (χ2v) is 27.8. The number of amides is 11. The number of carboxylic acid groups (broad SMARTS) is 1. The average molecular weight is 1640 g/mol. The Kier molecular flexibility index (Phi) is 49.5. The van der Waals surface area contributed by atoms with Gasteiger partial charge in [-0.25, -0.2) is 5.43 Å². The number of aromatic hydroxyl groups is 1. The largest absolute Gasteiger partial charge is 0.508 e. The number of hydrazine groups is 1. The Balaban J connectivity index is 0.0000102. The molecule has 113 heavy (non-hydrogen) atoms. The van der Waals surface area contributed by atoms with Gasteiger partial charge in [0.2, 0.25) is 70.6 Å². The summed E-state index contributed by atoms with van der Waals surface area (Å²) in [6.45, 7) is 7.67. The number of nitrogens with zero attached hydrogens (tertiary/aromatic N) is 4. The van der Waals surface area contributed by atoms with Crippen LogP contribution in [0.1, 0.15) is 131 Å². The molecule has 1 aliphatic heterocycles. The third-order valence-corrected chi connectivity index (χ3v) is 16.9. The fraction of sp³-hybridized carbons (Fsp3) is 0.632. The van der Waals surface area contributed by atoms with Gasteiger partial charge < -0.3 is 125 Å². The number of carbonyl (C=O) groups is 15. The molecular formula is C68H118N26O17S2. The van der Waals surface area contributed by atoms with E-state index in [1.54, 1.807) is 34.6 Å². The zero-order chi connectivity index (χ0) is 85.3. The van der Waals surface area contributed by atoms with Gasteiger partial charge in [0.05, 0.1) is 44.2 Å². The molecule has 634 valence electrons. The molecule has 0 aromatic heterocycles. The predicted octanol–water partition coefficient (Wildman–Crippen LogP) is -8.25. The van der Waals surface area contributed by atoms with Gasteiger partial charge >= 0.3 is 5.97 Å². The van der Waals surface area contributed by atoms with Crippen LogP contribution in [0.5, 0.6) is 5.75 Å². The van der Waals surface area contributed by atoms with Crippen molar-refractivity contribution in [3.63, 3.8) is 0 Å². The third kappa shape index (κ3) is 44.8. The van der Waals surface area contributed by atoms with Crippen LogP contribution in [-0.2, 0) is 78.3 Å². The van der Waals surface area contributed by atoms with E-state index in [4.69, 9.17) is 45.9 Å². The normalized spacial score (nSPS) is 22.1. The van der Waals surface area contributed by atoms with E-state index >= 15 is 0 Å². The molecule has 0 aliphatic carbocycles. The van der Waals surface area contributed by atoms with Crippen LogP contribution in [0.3, 0.4) is 0 Å². The molecule has 1 saturated heterocycles. The lowest BCUT2D eigenvalue weighted by atomic mass is 9.98. The standard InChI is InChI=1S/C63H108N26O16S2.C5H10O/c1-32(2)23-40-53(99)79-29-48(93)83-41(24-33(3)4)57(103)87-43(26-49(94)95)54(100)80-27-46(91)81-38(11-7-19-76-62(68)69)55(101)86-42(25-34-13-15-35(90)16-14-34)58(104)84-36(9-5-17-74-60(64)65)50(96)51(97)44(30-106)72-21-22-73-45(31-107)59(105)89-88-39(12-8-20-77-63(70)71)56(102)85-37(10-6-18-75-61(66)67)52(98)78-28-47(92)82-40;1-3-4-5(2)6/h13-16,32-33,36-45,72-73,88,90,106-107H,5-12,17-31H2,1-4H3,(H,78,98)(H,79,99)(H,80,100)(H,81,91)(H,82,92)(H,83,93)(H,84,104)(H,85,102)(H,86,101)(H,87,103)(H,89,105)(H,94,95)(H4,64,65,74)(H4,66,67,75)(H4,68,69,76)(H4,70,71,77);3-4H2,1-2H3/t36-,37-,38-,39-,40-,41-,42-,43-,44-,45-;/m0./s1. The van der Waals surface area contributed by atoms with Gasteiger partial charge in [-0.3, -0.25) is 92.5 Å². The third-order valence-electron chi connectivity index (χ3n) is 16.1. The molecule has 0 saturated carbocycles. The van der Waals surface area contributed by atoms with E-state index < -0.39 is 169 Å². The number of carboxylic acids is 1. The van der Waals surface area contributed by atoms with Crippen LogP contribution in [0.15, 0.2) is 44.2 Å². The van der Waals surface area contributed by atoms with Crippen LogP contribution in [0.25, 0.3) is 0 Å². The summed E-state index contributed by atoms with van der Waals surface area (Å²) in [4.78, 5) is 220. The molecule has 43 nitrogen and oxygen atoms in total. The zero-order valence-corrected chi connectivity index (χ0v) is 66.5. The second-order valence-electron chi connectivity index (χ2n) is 27.0. The quantitative estimate of drug-likeness (QED) is 0.0122. The van der Waals surface area contributed by atoms with Crippen molar-refractivity contribution < 1.29 is 82.1 Å². The van der Waals surface area contributed by atoms with Gasteiger partial charge in [0.25, 0.3) is 5.91 Å². The van der Waals surface area contributed by atoms with E-state index in [9.17, 15) is 82.1 Å². The summed E-state index contributed by atoms with van der Waals surface area (Å²) in [5.41, 5.74) is 49.8. The molecule has 1 aromatic carbocycles. The Morgan fingerprint density at radius 1 is 0.451 bits per heavy atom. The first kappa shape index (κ1) is 100. The summed E-state index contributed by atoms with van der Waals surface area (Å²) in [7, 11) is 0. The number of benzene rings is 1. The first-order valence-electron chi connectivity index (χ1n) is 36.8. The fourth-order valence-electron chi connectivity index (χ4n) is 10.6. The molecule has 0 unspecified atom stereocenters.